The molecule has 0 aliphatic heterocycles. The van der Waals surface area contributed by atoms with Crippen molar-refractivity contribution in [3.63, 3.8) is 0 Å². The Labute approximate surface area is 149 Å². The van der Waals surface area contributed by atoms with E-state index >= 15 is 0 Å². The first-order valence-corrected chi connectivity index (χ1v) is 7.95. The van der Waals surface area contributed by atoms with E-state index in [4.69, 9.17) is 25.5 Å². The average molecular weight is 359 g/mol. The summed E-state index contributed by atoms with van der Waals surface area (Å²) in [5.74, 6) is -0.594. The fourth-order valence-corrected chi connectivity index (χ4v) is 2.62. The fourth-order valence-electron chi connectivity index (χ4n) is 2.50. The van der Waals surface area contributed by atoms with Gasteiger partial charge in [-0.3, -0.25) is 4.79 Å². The third kappa shape index (κ3) is 3.67. The number of carbonyl (C=O) groups is 2. The lowest BCUT2D eigenvalue weighted by atomic mass is 10.1. The Morgan fingerprint density at radius 3 is 2.52 bits per heavy atom. The molecular weight excluding hydrogens is 344 g/mol. The van der Waals surface area contributed by atoms with Crippen LogP contribution in [0.2, 0.25) is 5.02 Å². The predicted octanol–water partition coefficient (Wildman–Crippen LogP) is 4.68. The van der Waals surface area contributed by atoms with Crippen molar-refractivity contribution in [2.24, 2.45) is 0 Å². The number of carbonyl (C=O) groups excluding carboxylic acids is 2. The lowest BCUT2D eigenvalue weighted by Gasteiger charge is -2.04. The number of rotatable bonds is 4. The molecule has 1 heterocycles. The zero-order valence-corrected chi connectivity index (χ0v) is 14.4. The van der Waals surface area contributed by atoms with Crippen molar-refractivity contribution in [2.75, 3.05) is 0 Å². The second-order valence-electron chi connectivity index (χ2n) is 5.48. The van der Waals surface area contributed by atoms with Crippen molar-refractivity contribution < 1.29 is 23.5 Å². The Bertz CT molecular complexity index is 940. The third-order valence-electron chi connectivity index (χ3n) is 3.64. The summed E-state index contributed by atoms with van der Waals surface area (Å²) in [4.78, 5) is 23.6. The van der Waals surface area contributed by atoms with Crippen LogP contribution in [0.1, 0.15) is 28.6 Å². The number of halogens is 1. The van der Waals surface area contributed by atoms with E-state index in [1.165, 1.54) is 6.92 Å². The van der Waals surface area contributed by atoms with Crippen LogP contribution in [0.4, 0.5) is 0 Å². The minimum Gasteiger partial charge on any atom is -0.455 e. The lowest BCUT2D eigenvalue weighted by molar-refractivity contribution is -0.131. The number of aryl methyl sites for hydroxylation is 1. The molecule has 3 aromatic rings. The number of hydrogen-bond acceptors (Lipinski definition) is 5. The first kappa shape index (κ1) is 17.0. The maximum Gasteiger partial charge on any atom is 0.374 e. The van der Waals surface area contributed by atoms with Gasteiger partial charge in [-0.25, -0.2) is 4.79 Å². The molecule has 0 saturated carbocycles. The maximum atomic E-state index is 12.4. The SMILES string of the molecule is CC(=O)Oc1cccc2oc(C(=O)OCc3ccc(Cl)cc3)c(C)c12. The van der Waals surface area contributed by atoms with Crippen molar-refractivity contribution in [3.8, 4) is 5.75 Å². The van der Waals surface area contributed by atoms with Gasteiger partial charge in [0.1, 0.15) is 17.9 Å². The Morgan fingerprint density at radius 1 is 1.12 bits per heavy atom. The van der Waals surface area contributed by atoms with Crippen LogP contribution < -0.4 is 4.74 Å². The number of fused-ring (bicyclic) bond motifs is 1. The van der Waals surface area contributed by atoms with Gasteiger partial charge in [-0.05, 0) is 36.8 Å². The zero-order valence-electron chi connectivity index (χ0n) is 13.7. The Morgan fingerprint density at radius 2 is 1.84 bits per heavy atom. The molecule has 0 unspecified atom stereocenters. The van der Waals surface area contributed by atoms with Gasteiger partial charge in [-0.2, -0.15) is 0 Å². The van der Waals surface area contributed by atoms with E-state index in [9.17, 15) is 9.59 Å². The third-order valence-corrected chi connectivity index (χ3v) is 3.89. The van der Waals surface area contributed by atoms with Gasteiger partial charge < -0.3 is 13.9 Å². The highest BCUT2D eigenvalue weighted by atomic mass is 35.5. The van der Waals surface area contributed by atoms with Crippen LogP contribution in [-0.2, 0) is 16.1 Å². The monoisotopic (exact) mass is 358 g/mol. The molecule has 0 fully saturated rings. The minimum absolute atomic E-state index is 0.0866. The van der Waals surface area contributed by atoms with Gasteiger partial charge in [-0.1, -0.05) is 29.8 Å². The van der Waals surface area contributed by atoms with Crippen molar-refractivity contribution >= 4 is 34.5 Å². The molecule has 0 saturated heterocycles. The van der Waals surface area contributed by atoms with Crippen LogP contribution in [0.3, 0.4) is 0 Å². The highest BCUT2D eigenvalue weighted by molar-refractivity contribution is 6.30. The van der Waals surface area contributed by atoms with E-state index in [2.05, 4.69) is 0 Å². The minimum atomic E-state index is -0.586. The number of hydrogen-bond donors (Lipinski definition) is 0. The van der Waals surface area contributed by atoms with Crippen LogP contribution in [0.15, 0.2) is 46.9 Å². The molecule has 3 rings (SSSR count). The first-order valence-electron chi connectivity index (χ1n) is 7.58. The van der Waals surface area contributed by atoms with Gasteiger partial charge in [0.05, 0.1) is 5.39 Å². The molecule has 0 bridgehead atoms. The Balaban J connectivity index is 1.85. The second kappa shape index (κ2) is 6.99. The Hall–Kier alpha value is -2.79. The molecule has 0 N–H and O–H groups in total. The van der Waals surface area contributed by atoms with Crippen molar-refractivity contribution in [3.05, 3.63) is 64.4 Å². The molecule has 0 spiro atoms. The van der Waals surface area contributed by atoms with Crippen molar-refractivity contribution in [1.82, 2.24) is 0 Å². The number of esters is 2. The van der Waals surface area contributed by atoms with E-state index in [1.54, 1.807) is 49.4 Å². The summed E-state index contributed by atoms with van der Waals surface area (Å²) in [5, 5.41) is 1.19. The summed E-state index contributed by atoms with van der Waals surface area (Å²) >= 11 is 5.83. The molecule has 0 radical (unpaired) electrons. The summed E-state index contributed by atoms with van der Waals surface area (Å²) in [7, 11) is 0. The van der Waals surface area contributed by atoms with Crippen LogP contribution >= 0.6 is 11.6 Å². The zero-order chi connectivity index (χ0) is 18.0. The standard InChI is InChI=1S/C19H15ClO5/c1-11-17-15(24-12(2)21)4-3-5-16(17)25-18(11)19(22)23-10-13-6-8-14(20)9-7-13/h3-9H,10H2,1-2H3. The van der Waals surface area contributed by atoms with Gasteiger partial charge in [0.25, 0.3) is 0 Å². The van der Waals surface area contributed by atoms with Gasteiger partial charge in [0, 0.05) is 17.5 Å². The quantitative estimate of drug-likeness (QED) is 0.500. The maximum absolute atomic E-state index is 12.4. The Kier molecular flexibility index (Phi) is 4.76. The van der Waals surface area contributed by atoms with Crippen molar-refractivity contribution in [1.29, 1.82) is 0 Å². The highest BCUT2D eigenvalue weighted by Crippen LogP contribution is 2.33. The molecule has 1 aromatic heterocycles. The lowest BCUT2D eigenvalue weighted by Crippen LogP contribution is -2.05. The molecule has 0 aliphatic rings. The number of ether oxygens (including phenoxy) is 2. The van der Waals surface area contributed by atoms with Crippen LogP contribution in [0, 0.1) is 6.92 Å². The molecule has 0 aliphatic carbocycles. The van der Waals surface area contributed by atoms with E-state index in [-0.39, 0.29) is 12.4 Å². The summed E-state index contributed by atoms with van der Waals surface area (Å²) in [6.45, 7) is 3.14. The van der Waals surface area contributed by atoms with Gasteiger partial charge >= 0.3 is 11.9 Å². The molecule has 2 aromatic carbocycles. The first-order chi connectivity index (χ1) is 12.0. The number of furan rings is 1. The smallest absolute Gasteiger partial charge is 0.374 e. The fraction of sp³-hybridized carbons (Fsp3) is 0.158. The summed E-state index contributed by atoms with van der Waals surface area (Å²) in [6, 6.07) is 12.0. The normalized spacial score (nSPS) is 10.7. The summed E-state index contributed by atoms with van der Waals surface area (Å²) in [6.07, 6.45) is 0. The van der Waals surface area contributed by atoms with E-state index in [1.807, 2.05) is 0 Å². The predicted molar refractivity (Wildman–Crippen MR) is 92.8 cm³/mol. The van der Waals surface area contributed by atoms with Gasteiger partial charge in [0.2, 0.25) is 5.76 Å². The molecule has 0 amide bonds. The summed E-state index contributed by atoms with van der Waals surface area (Å²) in [5.41, 5.74) is 1.83. The summed E-state index contributed by atoms with van der Waals surface area (Å²) < 4.78 is 16.1. The molecule has 128 valence electrons. The van der Waals surface area contributed by atoms with Gasteiger partial charge in [-0.15, -0.1) is 0 Å². The van der Waals surface area contributed by atoms with Crippen LogP contribution in [0.25, 0.3) is 11.0 Å². The molecule has 0 atom stereocenters. The van der Waals surface area contributed by atoms with E-state index < -0.39 is 11.9 Å². The molecule has 6 heteroatoms. The largest absolute Gasteiger partial charge is 0.455 e. The van der Waals surface area contributed by atoms with Crippen LogP contribution in [-0.4, -0.2) is 11.9 Å². The molecular formula is C19H15ClO5. The average Bonchev–Trinajstić information content (AvgIpc) is 2.92. The highest BCUT2D eigenvalue weighted by Gasteiger charge is 2.22. The topological polar surface area (TPSA) is 65.7 Å². The van der Waals surface area contributed by atoms with Crippen LogP contribution in [0.5, 0.6) is 5.75 Å². The number of benzene rings is 2. The van der Waals surface area contributed by atoms with Crippen molar-refractivity contribution in [2.45, 2.75) is 20.5 Å². The second-order valence-corrected chi connectivity index (χ2v) is 5.92. The van der Waals surface area contributed by atoms with Gasteiger partial charge in [0.15, 0.2) is 0 Å². The van der Waals surface area contributed by atoms with E-state index in [0.29, 0.717) is 27.3 Å². The molecule has 5 nitrogen and oxygen atoms in total. The molecule has 25 heavy (non-hydrogen) atoms. The van der Waals surface area contributed by atoms with E-state index in [0.717, 1.165) is 5.56 Å².